The van der Waals surface area contributed by atoms with E-state index < -0.39 is 21.2 Å². The van der Waals surface area contributed by atoms with Crippen LogP contribution in [0.3, 0.4) is 0 Å². The molecule has 3 aliphatic rings. The number of nitrogens with one attached hydrogen (secondary N) is 1. The predicted octanol–water partition coefficient (Wildman–Crippen LogP) is 5.12. The number of rotatable bonds is 1. The van der Waals surface area contributed by atoms with Gasteiger partial charge in [-0.3, -0.25) is 4.79 Å². The third-order valence-corrected chi connectivity index (χ3v) is 11.2. The van der Waals surface area contributed by atoms with E-state index in [9.17, 15) is 18.3 Å². The lowest BCUT2D eigenvalue weighted by Gasteiger charge is -2.33. The minimum atomic E-state index is -3.93. The molecule has 0 aromatic heterocycles. The fraction of sp³-hybridized carbons (Fsp3) is 0.531. The number of anilines is 1. The zero-order valence-corrected chi connectivity index (χ0v) is 25.9. The molecule has 8 nitrogen and oxygen atoms in total. The second-order valence-electron chi connectivity index (χ2n) is 11.8. The molecule has 2 N–H and O–H groups in total. The third-order valence-electron chi connectivity index (χ3n) is 9.01. The normalized spacial score (nSPS) is 29.3. The minimum Gasteiger partial charge on any atom is -0.487 e. The summed E-state index contributed by atoms with van der Waals surface area (Å²) in [4.78, 5) is 15.6. The number of aliphatic hydroxyl groups is 1. The third kappa shape index (κ3) is 6.96. The Morgan fingerprint density at radius 2 is 1.95 bits per heavy atom. The molecule has 228 valence electrons. The summed E-state index contributed by atoms with van der Waals surface area (Å²) in [7, 11) is -3.93. The highest BCUT2D eigenvalue weighted by molar-refractivity contribution is 7.90. The lowest BCUT2D eigenvalue weighted by atomic mass is 9.89. The number of fused-ring (bicyclic) bond motifs is 3. The Bertz CT molecular complexity index is 1410. The minimum absolute atomic E-state index is 0.0549. The summed E-state index contributed by atoms with van der Waals surface area (Å²) >= 11 is 6.31. The molecule has 2 bridgehead atoms. The second-order valence-corrected chi connectivity index (χ2v) is 14.3. The number of carbonyl (C=O) groups is 1. The van der Waals surface area contributed by atoms with E-state index in [1.807, 2.05) is 37.3 Å². The van der Waals surface area contributed by atoms with Crippen LogP contribution in [-0.4, -0.2) is 57.1 Å². The maximum Gasteiger partial charge on any atom is 0.264 e. The molecule has 5 rings (SSSR count). The lowest BCUT2D eigenvalue weighted by molar-refractivity contribution is 0.0370. The van der Waals surface area contributed by atoms with E-state index in [4.69, 9.17) is 21.1 Å². The molecule has 3 aliphatic heterocycles. The van der Waals surface area contributed by atoms with E-state index in [0.717, 1.165) is 42.5 Å². The van der Waals surface area contributed by atoms with E-state index in [1.54, 1.807) is 25.1 Å². The highest BCUT2D eigenvalue weighted by atomic mass is 35.5. The number of halogens is 1. The standard InChI is InChI=1S/C32H41ClN2O6S/c1-21-6-5-8-26(19-36)31-25(13-15-40-31)18-35-14-4-3-7-23-16-28(33)11-9-27(23)20-41-30-12-10-24(17-29(30)35)32(37)34-42(38,39)22(21)2/h5,8-12,16-17,21-22,25-26,31,36H,3-4,6-7,13-15,18-20H2,1-2H3,(H,34,37)/b8-5+/t21-,22+,25-,26?,31+/m0/s1. The van der Waals surface area contributed by atoms with Gasteiger partial charge < -0.3 is 19.5 Å². The number of aliphatic hydroxyl groups excluding tert-OH is 1. The Morgan fingerprint density at radius 1 is 1.12 bits per heavy atom. The van der Waals surface area contributed by atoms with Crippen molar-refractivity contribution in [3.63, 3.8) is 0 Å². The molecule has 5 atom stereocenters. The molecular weight excluding hydrogens is 576 g/mol. The van der Waals surface area contributed by atoms with E-state index in [0.29, 0.717) is 43.5 Å². The van der Waals surface area contributed by atoms with Gasteiger partial charge in [-0.2, -0.15) is 0 Å². The SMILES string of the molecule is C[C@@H]1[C@@H](C)C/C=C/C(CO)[C@@H]2OCC[C@H]2CN2CCCCc3cc(Cl)ccc3COc3ccc(cc32)C(=O)NS1(=O)=O. The van der Waals surface area contributed by atoms with Crippen molar-refractivity contribution >= 4 is 33.2 Å². The summed E-state index contributed by atoms with van der Waals surface area (Å²) in [6.45, 7) is 5.74. The lowest BCUT2D eigenvalue weighted by Crippen LogP contribution is -2.40. The molecule has 1 unspecified atom stereocenters. The van der Waals surface area contributed by atoms with Gasteiger partial charge in [0.25, 0.3) is 5.91 Å². The van der Waals surface area contributed by atoms with Gasteiger partial charge in [-0.05, 0) is 86.4 Å². The first-order valence-electron chi connectivity index (χ1n) is 14.9. The van der Waals surface area contributed by atoms with Gasteiger partial charge in [-0.25, -0.2) is 13.1 Å². The number of allylic oxidation sites excluding steroid dienone is 1. The van der Waals surface area contributed by atoms with Crippen LogP contribution in [0.1, 0.15) is 61.0 Å². The Hall–Kier alpha value is -2.59. The summed E-state index contributed by atoms with van der Waals surface area (Å²) in [5.41, 5.74) is 3.22. The van der Waals surface area contributed by atoms with Crippen molar-refractivity contribution in [1.82, 2.24) is 4.72 Å². The summed E-state index contributed by atoms with van der Waals surface area (Å²) in [6, 6.07) is 11.0. The van der Waals surface area contributed by atoms with Crippen LogP contribution in [0.25, 0.3) is 0 Å². The number of amides is 1. The summed E-state index contributed by atoms with van der Waals surface area (Å²) < 4.78 is 41.3. The highest BCUT2D eigenvalue weighted by Crippen LogP contribution is 2.36. The quantitative estimate of drug-likeness (QED) is 0.429. The first-order chi connectivity index (χ1) is 20.2. The van der Waals surface area contributed by atoms with E-state index in [2.05, 4.69) is 9.62 Å². The zero-order chi connectivity index (χ0) is 29.9. The first kappa shape index (κ1) is 30.9. The molecule has 42 heavy (non-hydrogen) atoms. The van der Waals surface area contributed by atoms with Gasteiger partial charge in [-0.1, -0.05) is 36.7 Å². The van der Waals surface area contributed by atoms with Gasteiger partial charge in [0, 0.05) is 42.1 Å². The van der Waals surface area contributed by atoms with Gasteiger partial charge in [0.2, 0.25) is 10.0 Å². The fourth-order valence-corrected chi connectivity index (χ4v) is 7.69. The monoisotopic (exact) mass is 616 g/mol. The molecule has 2 aromatic carbocycles. The largest absolute Gasteiger partial charge is 0.487 e. The van der Waals surface area contributed by atoms with E-state index in [1.165, 1.54) is 0 Å². The van der Waals surface area contributed by atoms with Gasteiger partial charge in [0.1, 0.15) is 12.4 Å². The summed E-state index contributed by atoms with van der Waals surface area (Å²) in [6.07, 6.45) is 7.81. The van der Waals surface area contributed by atoms with Gasteiger partial charge in [0.05, 0.1) is 23.6 Å². The van der Waals surface area contributed by atoms with E-state index in [-0.39, 0.29) is 36.0 Å². The van der Waals surface area contributed by atoms with Crippen molar-refractivity contribution < 1.29 is 27.8 Å². The van der Waals surface area contributed by atoms with Crippen molar-refractivity contribution in [3.05, 3.63) is 70.3 Å². The Morgan fingerprint density at radius 3 is 2.76 bits per heavy atom. The number of carbonyl (C=O) groups excluding carboxylic acids is 1. The molecule has 1 fully saturated rings. The molecule has 3 heterocycles. The van der Waals surface area contributed by atoms with Crippen molar-refractivity contribution in [1.29, 1.82) is 0 Å². The molecule has 1 amide bonds. The number of aryl methyl sites for hydroxylation is 1. The fourth-order valence-electron chi connectivity index (χ4n) is 6.21. The zero-order valence-electron chi connectivity index (χ0n) is 24.3. The topological polar surface area (TPSA) is 105 Å². The first-order valence-corrected chi connectivity index (χ1v) is 16.8. The summed E-state index contributed by atoms with van der Waals surface area (Å²) in [5, 5.41) is 10.2. The molecule has 0 saturated carbocycles. The number of nitrogens with zero attached hydrogens (tertiary/aromatic N) is 1. The van der Waals surface area contributed by atoms with Crippen LogP contribution in [0.2, 0.25) is 5.02 Å². The highest BCUT2D eigenvalue weighted by Gasteiger charge is 2.36. The van der Waals surface area contributed by atoms with Crippen LogP contribution >= 0.6 is 11.6 Å². The number of hydrogen-bond acceptors (Lipinski definition) is 7. The van der Waals surface area contributed by atoms with Crippen LogP contribution in [0.5, 0.6) is 5.75 Å². The number of benzene rings is 2. The molecule has 10 heteroatoms. The maximum atomic E-state index is 13.3. The van der Waals surface area contributed by atoms with Crippen molar-refractivity contribution in [2.75, 3.05) is 31.2 Å². The van der Waals surface area contributed by atoms with Crippen LogP contribution in [0.4, 0.5) is 5.69 Å². The van der Waals surface area contributed by atoms with Crippen molar-refractivity contribution in [2.24, 2.45) is 17.8 Å². The Kier molecular flexibility index (Phi) is 9.82. The Balaban J connectivity index is 1.57. The van der Waals surface area contributed by atoms with Crippen LogP contribution in [-0.2, 0) is 27.8 Å². The van der Waals surface area contributed by atoms with Gasteiger partial charge in [-0.15, -0.1) is 0 Å². The van der Waals surface area contributed by atoms with Crippen molar-refractivity contribution in [3.8, 4) is 5.75 Å². The molecular formula is C32H41ClN2O6S. The predicted molar refractivity (Wildman–Crippen MR) is 165 cm³/mol. The molecule has 0 aliphatic carbocycles. The molecule has 2 aromatic rings. The van der Waals surface area contributed by atoms with Crippen LogP contribution in [0.15, 0.2) is 48.6 Å². The van der Waals surface area contributed by atoms with E-state index >= 15 is 0 Å². The number of hydrogen-bond donors (Lipinski definition) is 2. The molecule has 1 saturated heterocycles. The second kappa shape index (κ2) is 13.4. The smallest absolute Gasteiger partial charge is 0.264 e. The number of sulfonamides is 1. The van der Waals surface area contributed by atoms with Crippen LogP contribution in [0, 0.1) is 17.8 Å². The maximum absolute atomic E-state index is 13.3. The summed E-state index contributed by atoms with van der Waals surface area (Å²) in [5.74, 6) is -0.323. The van der Waals surface area contributed by atoms with Crippen molar-refractivity contribution in [2.45, 2.75) is 63.9 Å². The Labute approximate surface area is 254 Å². The number of ether oxygens (including phenoxy) is 2. The molecule has 0 spiro atoms. The molecule has 0 radical (unpaired) electrons. The average molecular weight is 617 g/mol. The average Bonchev–Trinajstić information content (AvgIpc) is 3.41. The van der Waals surface area contributed by atoms with Gasteiger partial charge >= 0.3 is 0 Å². The van der Waals surface area contributed by atoms with Gasteiger partial charge in [0.15, 0.2) is 0 Å². The van der Waals surface area contributed by atoms with Crippen LogP contribution < -0.4 is 14.4 Å².